The van der Waals surface area contributed by atoms with Gasteiger partial charge in [-0.3, -0.25) is 4.79 Å². The summed E-state index contributed by atoms with van der Waals surface area (Å²) in [7, 11) is 0. The Morgan fingerprint density at radius 1 is 1.59 bits per heavy atom. The highest BCUT2D eigenvalue weighted by atomic mass is 79.9. The molecule has 0 spiro atoms. The summed E-state index contributed by atoms with van der Waals surface area (Å²) >= 11 is 3.22. The zero-order chi connectivity index (χ0) is 12.8. The van der Waals surface area contributed by atoms with Crippen LogP contribution in [0.3, 0.4) is 0 Å². The van der Waals surface area contributed by atoms with Gasteiger partial charge in [-0.1, -0.05) is 15.9 Å². The first-order valence-corrected chi connectivity index (χ1v) is 6.06. The van der Waals surface area contributed by atoms with Crippen molar-refractivity contribution in [3.05, 3.63) is 27.5 Å². The maximum absolute atomic E-state index is 13.5. The van der Waals surface area contributed by atoms with Gasteiger partial charge in [-0.05, 0) is 31.4 Å². The van der Waals surface area contributed by atoms with Gasteiger partial charge in [0.15, 0.2) is 11.6 Å². The van der Waals surface area contributed by atoms with E-state index in [1.165, 1.54) is 6.07 Å². The quantitative estimate of drug-likeness (QED) is 0.902. The number of phenolic OH excluding ortho intramolecular Hbond substituents is 1. The molecule has 5 heteroatoms. The van der Waals surface area contributed by atoms with Crippen LogP contribution in [-0.4, -0.2) is 16.2 Å². The summed E-state index contributed by atoms with van der Waals surface area (Å²) in [6, 6.07) is 1.20. The second kappa shape index (κ2) is 3.98. The monoisotopic (exact) mass is 302 g/mol. The number of carbonyl (C=O) groups is 1. The molecule has 3 nitrogen and oxygen atoms in total. The number of aromatic hydroxyl groups is 1. The van der Waals surface area contributed by atoms with E-state index in [0.717, 1.165) is 0 Å². The van der Waals surface area contributed by atoms with E-state index in [1.54, 1.807) is 6.92 Å². The molecule has 0 aliphatic heterocycles. The van der Waals surface area contributed by atoms with Crippen LogP contribution in [0.15, 0.2) is 10.5 Å². The number of aliphatic carboxylic acids is 1. The minimum Gasteiger partial charge on any atom is -0.505 e. The molecule has 0 unspecified atom stereocenters. The molecule has 1 fully saturated rings. The van der Waals surface area contributed by atoms with Gasteiger partial charge in [0, 0.05) is 15.5 Å². The lowest BCUT2D eigenvalue weighted by atomic mass is 9.88. The number of hydrogen-bond acceptors (Lipinski definition) is 2. The van der Waals surface area contributed by atoms with Gasteiger partial charge in [0.05, 0.1) is 6.42 Å². The van der Waals surface area contributed by atoms with Crippen molar-refractivity contribution >= 4 is 21.9 Å². The van der Waals surface area contributed by atoms with Crippen molar-refractivity contribution in [2.45, 2.75) is 31.6 Å². The lowest BCUT2D eigenvalue weighted by Crippen LogP contribution is -2.15. The van der Waals surface area contributed by atoms with E-state index in [0.29, 0.717) is 28.4 Å². The fourth-order valence-electron chi connectivity index (χ4n) is 2.31. The maximum atomic E-state index is 13.5. The summed E-state index contributed by atoms with van der Waals surface area (Å²) in [6.45, 7) is 1.75. The molecule has 2 rings (SSSR count). The normalized spacial score (nSPS) is 16.9. The first-order chi connectivity index (χ1) is 7.87. The van der Waals surface area contributed by atoms with Crippen molar-refractivity contribution in [1.29, 1.82) is 0 Å². The van der Waals surface area contributed by atoms with Gasteiger partial charge in [-0.15, -0.1) is 0 Å². The van der Waals surface area contributed by atoms with E-state index >= 15 is 0 Å². The molecule has 92 valence electrons. The largest absolute Gasteiger partial charge is 0.505 e. The summed E-state index contributed by atoms with van der Waals surface area (Å²) in [5, 5.41) is 18.7. The zero-order valence-electron chi connectivity index (χ0n) is 9.26. The Labute approximate surface area is 106 Å². The molecule has 17 heavy (non-hydrogen) atoms. The van der Waals surface area contributed by atoms with Gasteiger partial charge >= 0.3 is 5.97 Å². The minimum absolute atomic E-state index is 0.0721. The number of benzene rings is 1. The standard InChI is InChI=1S/C12H12BrFO3/c1-6-7(13)4-8(14)11(17)10(6)12(2-3-12)5-9(15)16/h4,17H,2-3,5H2,1H3,(H,15,16). The molecule has 0 bridgehead atoms. The Balaban J connectivity index is 2.55. The Morgan fingerprint density at radius 2 is 2.18 bits per heavy atom. The molecule has 0 atom stereocenters. The van der Waals surface area contributed by atoms with Gasteiger partial charge in [0.25, 0.3) is 0 Å². The van der Waals surface area contributed by atoms with Gasteiger partial charge in [0.1, 0.15) is 0 Å². The Hall–Kier alpha value is -1.10. The molecule has 0 radical (unpaired) electrons. The topological polar surface area (TPSA) is 57.5 Å². The molecule has 0 heterocycles. The fraction of sp³-hybridized carbons (Fsp3) is 0.417. The third-order valence-corrected chi connectivity index (χ3v) is 4.15. The van der Waals surface area contributed by atoms with Crippen molar-refractivity contribution < 1.29 is 19.4 Å². The van der Waals surface area contributed by atoms with E-state index in [4.69, 9.17) is 5.11 Å². The second-order valence-electron chi connectivity index (χ2n) is 4.54. The molecule has 1 aromatic carbocycles. The van der Waals surface area contributed by atoms with Crippen molar-refractivity contribution in [3.63, 3.8) is 0 Å². The number of halogens is 2. The smallest absolute Gasteiger partial charge is 0.304 e. The minimum atomic E-state index is -0.929. The highest BCUT2D eigenvalue weighted by Gasteiger charge is 2.49. The van der Waals surface area contributed by atoms with E-state index in [9.17, 15) is 14.3 Å². The number of carboxylic acid groups (broad SMARTS) is 1. The molecule has 1 aliphatic rings. The Morgan fingerprint density at radius 3 is 2.65 bits per heavy atom. The molecule has 0 amide bonds. The third-order valence-electron chi connectivity index (χ3n) is 3.32. The van der Waals surface area contributed by atoms with Crippen molar-refractivity contribution in [1.82, 2.24) is 0 Å². The van der Waals surface area contributed by atoms with Gasteiger partial charge in [-0.2, -0.15) is 0 Å². The van der Waals surface area contributed by atoms with Crippen LogP contribution in [0.4, 0.5) is 4.39 Å². The van der Waals surface area contributed by atoms with E-state index in [2.05, 4.69) is 15.9 Å². The summed E-state index contributed by atoms with van der Waals surface area (Å²) in [4.78, 5) is 10.8. The van der Waals surface area contributed by atoms with Crippen LogP contribution in [0.1, 0.15) is 30.4 Å². The van der Waals surface area contributed by atoms with E-state index in [1.807, 2.05) is 0 Å². The molecule has 1 aliphatic carbocycles. The molecule has 0 aromatic heterocycles. The lowest BCUT2D eigenvalue weighted by molar-refractivity contribution is -0.137. The first-order valence-electron chi connectivity index (χ1n) is 5.27. The van der Waals surface area contributed by atoms with Crippen LogP contribution >= 0.6 is 15.9 Å². The van der Waals surface area contributed by atoms with Crippen molar-refractivity contribution in [2.75, 3.05) is 0 Å². The van der Waals surface area contributed by atoms with Crippen molar-refractivity contribution in [2.24, 2.45) is 0 Å². The number of carboxylic acids is 1. The predicted octanol–water partition coefficient (Wildman–Crippen LogP) is 3.11. The van der Waals surface area contributed by atoms with E-state index in [-0.39, 0.29) is 6.42 Å². The summed E-state index contributed by atoms with van der Waals surface area (Å²) in [6.07, 6.45) is 1.27. The average molecular weight is 303 g/mol. The van der Waals surface area contributed by atoms with Crippen LogP contribution in [0.2, 0.25) is 0 Å². The third kappa shape index (κ3) is 2.04. The molecular weight excluding hydrogens is 291 g/mol. The fourth-order valence-corrected chi connectivity index (χ4v) is 2.71. The highest BCUT2D eigenvalue weighted by Crippen LogP contribution is 2.56. The number of hydrogen-bond donors (Lipinski definition) is 2. The van der Waals surface area contributed by atoms with Gasteiger partial charge in [0.2, 0.25) is 0 Å². The zero-order valence-corrected chi connectivity index (χ0v) is 10.8. The van der Waals surface area contributed by atoms with E-state index < -0.39 is 23.0 Å². The predicted molar refractivity (Wildman–Crippen MR) is 63.7 cm³/mol. The first kappa shape index (κ1) is 12.4. The van der Waals surface area contributed by atoms with Gasteiger partial charge in [-0.25, -0.2) is 4.39 Å². The maximum Gasteiger partial charge on any atom is 0.304 e. The SMILES string of the molecule is Cc1c(Br)cc(F)c(O)c1C1(CC(=O)O)CC1. The lowest BCUT2D eigenvalue weighted by Gasteiger charge is -2.19. The summed E-state index contributed by atoms with van der Waals surface area (Å²) in [5.41, 5.74) is 0.555. The molecule has 0 saturated heterocycles. The number of rotatable bonds is 3. The van der Waals surface area contributed by atoms with Crippen LogP contribution in [0.5, 0.6) is 5.75 Å². The molecule has 2 N–H and O–H groups in total. The van der Waals surface area contributed by atoms with Crippen molar-refractivity contribution in [3.8, 4) is 5.75 Å². The van der Waals surface area contributed by atoms with Crippen LogP contribution in [0, 0.1) is 12.7 Å². The summed E-state index contributed by atoms with van der Waals surface area (Å²) in [5.74, 6) is -2.06. The Bertz CT molecular complexity index is 469. The molecular formula is C12H12BrFO3. The average Bonchev–Trinajstić information content (AvgIpc) is 2.95. The number of phenols is 1. The van der Waals surface area contributed by atoms with Crippen LogP contribution in [0.25, 0.3) is 0 Å². The molecule has 1 saturated carbocycles. The Kier molecular flexibility index (Phi) is 2.89. The van der Waals surface area contributed by atoms with Crippen LogP contribution < -0.4 is 0 Å². The second-order valence-corrected chi connectivity index (χ2v) is 5.39. The van der Waals surface area contributed by atoms with Crippen LogP contribution in [-0.2, 0) is 10.2 Å². The molecule has 1 aromatic rings. The highest BCUT2D eigenvalue weighted by molar-refractivity contribution is 9.10. The van der Waals surface area contributed by atoms with Gasteiger partial charge < -0.3 is 10.2 Å². The summed E-state index contributed by atoms with van der Waals surface area (Å²) < 4.78 is 14.0.